The summed E-state index contributed by atoms with van der Waals surface area (Å²) in [6.45, 7) is 1.78. The number of hydrogen-bond donors (Lipinski definition) is 1. The first-order valence-corrected chi connectivity index (χ1v) is 11.8. The predicted octanol–water partition coefficient (Wildman–Crippen LogP) is 7.98. The summed E-state index contributed by atoms with van der Waals surface area (Å²) in [5.74, 6) is 1.29. The summed E-state index contributed by atoms with van der Waals surface area (Å²) in [5, 5.41) is 5.76. The van der Waals surface area contributed by atoms with E-state index in [0.29, 0.717) is 44.7 Å². The average Bonchev–Trinajstić information content (AvgIpc) is 2.74. The van der Waals surface area contributed by atoms with Crippen molar-refractivity contribution in [3.05, 3.63) is 89.8 Å². The number of benzene rings is 3. The summed E-state index contributed by atoms with van der Waals surface area (Å²) in [4.78, 5) is 0. The lowest BCUT2D eigenvalue weighted by atomic mass is 10.1. The zero-order valence-electron chi connectivity index (χ0n) is 16.7. The maximum atomic E-state index is 6.23. The van der Waals surface area contributed by atoms with Gasteiger partial charge in [0, 0.05) is 21.1 Å². The lowest BCUT2D eigenvalue weighted by Crippen LogP contribution is -2.17. The highest BCUT2D eigenvalue weighted by Crippen LogP contribution is 2.34. The highest BCUT2D eigenvalue weighted by molar-refractivity contribution is 9.10. The summed E-state index contributed by atoms with van der Waals surface area (Å²) in [6.07, 6.45) is 0.801. The molecule has 0 heterocycles. The number of ether oxygens (including phenoxy) is 2. The van der Waals surface area contributed by atoms with E-state index >= 15 is 0 Å². The van der Waals surface area contributed by atoms with Crippen LogP contribution in [0, 0.1) is 0 Å². The van der Waals surface area contributed by atoms with Crippen LogP contribution in [-0.4, -0.2) is 13.7 Å². The van der Waals surface area contributed by atoms with E-state index in [-0.39, 0.29) is 0 Å². The van der Waals surface area contributed by atoms with Crippen LogP contribution in [-0.2, 0) is 19.6 Å². The molecule has 0 radical (unpaired) electrons. The molecule has 0 bridgehead atoms. The molecule has 3 rings (SSSR count). The molecule has 0 saturated carbocycles. The van der Waals surface area contributed by atoms with Gasteiger partial charge in [-0.25, -0.2) is 0 Å². The van der Waals surface area contributed by atoms with Gasteiger partial charge in [0.15, 0.2) is 11.5 Å². The lowest BCUT2D eigenvalue weighted by molar-refractivity contribution is 0.284. The van der Waals surface area contributed by atoms with E-state index in [1.165, 1.54) is 0 Å². The van der Waals surface area contributed by atoms with Crippen molar-refractivity contribution in [3.8, 4) is 11.5 Å². The van der Waals surface area contributed by atoms with Crippen molar-refractivity contribution < 1.29 is 9.47 Å². The van der Waals surface area contributed by atoms with E-state index in [1.807, 2.05) is 30.3 Å². The van der Waals surface area contributed by atoms with Crippen molar-refractivity contribution in [3.63, 3.8) is 0 Å². The van der Waals surface area contributed by atoms with E-state index in [2.05, 4.69) is 21.2 Å². The average molecular weight is 564 g/mol. The molecular formula is C23H20BrCl4NO2. The third kappa shape index (κ3) is 6.92. The van der Waals surface area contributed by atoms with Gasteiger partial charge in [-0.15, -0.1) is 0 Å². The second-order valence-electron chi connectivity index (χ2n) is 6.79. The predicted molar refractivity (Wildman–Crippen MR) is 133 cm³/mol. The molecule has 3 aromatic rings. The monoisotopic (exact) mass is 561 g/mol. The molecule has 0 aromatic heterocycles. The zero-order chi connectivity index (χ0) is 22.4. The molecule has 0 aliphatic rings. The molecule has 0 spiro atoms. The number of nitrogens with one attached hydrogen (secondary N) is 1. The molecule has 3 aromatic carbocycles. The van der Waals surface area contributed by atoms with Crippen LogP contribution >= 0.6 is 62.3 Å². The molecule has 0 aliphatic heterocycles. The number of rotatable bonds is 9. The molecule has 8 heteroatoms. The Morgan fingerprint density at radius 3 is 2.35 bits per heavy atom. The van der Waals surface area contributed by atoms with Crippen LogP contribution < -0.4 is 14.8 Å². The fraction of sp³-hybridized carbons (Fsp3) is 0.217. The summed E-state index contributed by atoms with van der Waals surface area (Å²) in [6, 6.07) is 14.8. The van der Waals surface area contributed by atoms with Crippen LogP contribution in [0.2, 0.25) is 20.1 Å². The first kappa shape index (κ1) is 24.5. The van der Waals surface area contributed by atoms with Crippen LogP contribution in [0.25, 0.3) is 0 Å². The summed E-state index contributed by atoms with van der Waals surface area (Å²) < 4.78 is 12.4. The minimum absolute atomic E-state index is 0.346. The van der Waals surface area contributed by atoms with Gasteiger partial charge >= 0.3 is 0 Å². The van der Waals surface area contributed by atoms with Gasteiger partial charge in [0.05, 0.1) is 17.2 Å². The Labute approximate surface area is 210 Å². The van der Waals surface area contributed by atoms with Gasteiger partial charge in [0.2, 0.25) is 0 Å². The SMILES string of the molecule is COc1cc(CNCCc2ccc(Cl)cc2Cl)c(Br)cc1OCc1ccc(Cl)c(Cl)c1. The molecule has 0 fully saturated rings. The van der Waals surface area contributed by atoms with Crippen molar-refractivity contribution >= 4 is 62.3 Å². The van der Waals surface area contributed by atoms with Gasteiger partial charge in [-0.1, -0.05) is 74.5 Å². The van der Waals surface area contributed by atoms with Crippen molar-refractivity contribution in [2.24, 2.45) is 0 Å². The van der Waals surface area contributed by atoms with E-state index in [9.17, 15) is 0 Å². The number of halogens is 5. The summed E-state index contributed by atoms with van der Waals surface area (Å²) in [5.41, 5.74) is 3.03. The van der Waals surface area contributed by atoms with Gasteiger partial charge in [0.1, 0.15) is 6.61 Å². The van der Waals surface area contributed by atoms with Crippen molar-refractivity contribution in [1.82, 2.24) is 5.32 Å². The first-order valence-electron chi connectivity index (χ1n) is 9.45. The highest BCUT2D eigenvalue weighted by Gasteiger charge is 2.11. The Bertz CT molecular complexity index is 1060. The van der Waals surface area contributed by atoms with Gasteiger partial charge in [-0.3, -0.25) is 0 Å². The van der Waals surface area contributed by atoms with E-state index < -0.39 is 0 Å². The molecule has 0 atom stereocenters. The largest absolute Gasteiger partial charge is 0.493 e. The topological polar surface area (TPSA) is 30.5 Å². The standard InChI is InChI=1S/C23H20BrCl4NO2/c1-30-22-9-16(12-29-7-6-15-3-4-17(25)10-20(15)27)18(24)11-23(22)31-13-14-2-5-19(26)21(28)8-14/h2-5,8-11,29H,6-7,12-13H2,1H3. The molecule has 1 N–H and O–H groups in total. The molecule has 0 unspecified atom stereocenters. The Balaban J connectivity index is 1.59. The minimum atomic E-state index is 0.346. The maximum absolute atomic E-state index is 6.23. The molecule has 0 amide bonds. The molecule has 0 aliphatic carbocycles. The number of hydrogen-bond acceptors (Lipinski definition) is 3. The molecule has 0 saturated heterocycles. The van der Waals surface area contributed by atoms with E-state index in [4.69, 9.17) is 55.9 Å². The van der Waals surface area contributed by atoms with Crippen LogP contribution in [0.1, 0.15) is 16.7 Å². The second kappa shape index (κ2) is 11.6. The van der Waals surface area contributed by atoms with Gasteiger partial charge in [0.25, 0.3) is 0 Å². The number of methoxy groups -OCH3 is 1. The molecule has 3 nitrogen and oxygen atoms in total. The first-order chi connectivity index (χ1) is 14.9. The fourth-order valence-electron chi connectivity index (χ4n) is 2.95. The molecular weight excluding hydrogens is 544 g/mol. The Hall–Kier alpha value is -1.14. The maximum Gasteiger partial charge on any atom is 0.162 e. The van der Waals surface area contributed by atoms with Gasteiger partial charge in [-0.05, 0) is 66.1 Å². The van der Waals surface area contributed by atoms with Crippen LogP contribution in [0.15, 0.2) is 53.0 Å². The third-order valence-corrected chi connectivity index (χ3v) is 6.68. The summed E-state index contributed by atoms with van der Waals surface area (Å²) in [7, 11) is 1.62. The quantitative estimate of drug-likeness (QED) is 0.268. The van der Waals surface area contributed by atoms with E-state index in [0.717, 1.165) is 34.1 Å². The van der Waals surface area contributed by atoms with Crippen molar-refractivity contribution in [2.45, 2.75) is 19.6 Å². The van der Waals surface area contributed by atoms with E-state index in [1.54, 1.807) is 25.3 Å². The Morgan fingerprint density at radius 2 is 1.65 bits per heavy atom. The fourth-order valence-corrected chi connectivity index (χ4v) is 4.23. The van der Waals surface area contributed by atoms with Gasteiger partial charge < -0.3 is 14.8 Å². The Kier molecular flexibility index (Phi) is 9.20. The highest BCUT2D eigenvalue weighted by atomic mass is 79.9. The third-order valence-electron chi connectivity index (χ3n) is 4.61. The molecule has 164 valence electrons. The second-order valence-corrected chi connectivity index (χ2v) is 9.31. The lowest BCUT2D eigenvalue weighted by Gasteiger charge is -2.15. The Morgan fingerprint density at radius 1 is 0.839 bits per heavy atom. The van der Waals surface area contributed by atoms with Gasteiger partial charge in [-0.2, -0.15) is 0 Å². The van der Waals surface area contributed by atoms with Crippen LogP contribution in [0.5, 0.6) is 11.5 Å². The smallest absolute Gasteiger partial charge is 0.162 e. The normalized spacial score (nSPS) is 10.9. The minimum Gasteiger partial charge on any atom is -0.493 e. The van der Waals surface area contributed by atoms with Crippen LogP contribution in [0.4, 0.5) is 0 Å². The summed E-state index contributed by atoms with van der Waals surface area (Å²) >= 11 is 27.9. The van der Waals surface area contributed by atoms with Crippen molar-refractivity contribution in [2.75, 3.05) is 13.7 Å². The zero-order valence-corrected chi connectivity index (χ0v) is 21.3. The van der Waals surface area contributed by atoms with Crippen LogP contribution in [0.3, 0.4) is 0 Å². The van der Waals surface area contributed by atoms with Crippen molar-refractivity contribution in [1.29, 1.82) is 0 Å². The molecule has 31 heavy (non-hydrogen) atoms.